The fourth-order valence-electron chi connectivity index (χ4n) is 2.92. The van der Waals surface area contributed by atoms with Crippen LogP contribution in [0.3, 0.4) is 0 Å². The summed E-state index contributed by atoms with van der Waals surface area (Å²) in [6, 6.07) is 9.74. The minimum absolute atomic E-state index is 0.219. The van der Waals surface area contributed by atoms with Gasteiger partial charge in [0.2, 0.25) is 0 Å². The summed E-state index contributed by atoms with van der Waals surface area (Å²) in [5, 5.41) is 38.7. The molecular weight excluding hydrogens is 270 g/mol. The molecule has 5 nitrogen and oxygen atoms in total. The van der Waals surface area contributed by atoms with Crippen LogP contribution in [0.5, 0.6) is 0 Å². The van der Waals surface area contributed by atoms with Crippen LogP contribution in [0.15, 0.2) is 30.3 Å². The van der Waals surface area contributed by atoms with E-state index in [1.54, 1.807) is 0 Å². The number of hydrogen-bond acceptors (Lipinski definition) is 5. The summed E-state index contributed by atoms with van der Waals surface area (Å²) in [5.41, 5.74) is 1.30. The van der Waals surface area contributed by atoms with Crippen molar-refractivity contribution in [3.05, 3.63) is 35.9 Å². The van der Waals surface area contributed by atoms with Gasteiger partial charge in [-0.05, 0) is 31.4 Å². The third-order valence-corrected chi connectivity index (χ3v) is 4.22. The van der Waals surface area contributed by atoms with E-state index in [4.69, 9.17) is 0 Å². The minimum atomic E-state index is -1.18. The van der Waals surface area contributed by atoms with Crippen LogP contribution >= 0.6 is 0 Å². The summed E-state index contributed by atoms with van der Waals surface area (Å²) in [5.74, 6) is 0. The van der Waals surface area contributed by atoms with Gasteiger partial charge in [-0.1, -0.05) is 30.3 Å². The number of unbranched alkanes of at least 4 members (excludes halogenated alkanes) is 1. The molecule has 4 atom stereocenters. The fraction of sp³-hybridized carbons (Fsp3) is 0.625. The van der Waals surface area contributed by atoms with Crippen molar-refractivity contribution in [1.29, 1.82) is 0 Å². The molecule has 0 aliphatic carbocycles. The van der Waals surface area contributed by atoms with Crippen molar-refractivity contribution in [2.24, 2.45) is 0 Å². The van der Waals surface area contributed by atoms with Crippen LogP contribution in [0.25, 0.3) is 0 Å². The molecule has 1 aromatic rings. The maximum absolute atomic E-state index is 9.90. The molecule has 0 amide bonds. The van der Waals surface area contributed by atoms with Crippen LogP contribution in [-0.2, 0) is 6.42 Å². The molecule has 0 bridgehead atoms. The Balaban J connectivity index is 1.78. The fourth-order valence-corrected chi connectivity index (χ4v) is 2.92. The van der Waals surface area contributed by atoms with E-state index in [0.29, 0.717) is 6.54 Å². The first-order valence-corrected chi connectivity index (χ1v) is 7.56. The Hall–Kier alpha value is -0.980. The number of nitrogens with zero attached hydrogens (tertiary/aromatic N) is 1. The van der Waals surface area contributed by atoms with Crippen molar-refractivity contribution in [3.8, 4) is 0 Å². The summed E-state index contributed by atoms with van der Waals surface area (Å²) in [6.07, 6.45) is -0.326. The van der Waals surface area contributed by atoms with E-state index in [-0.39, 0.29) is 13.2 Å². The molecule has 0 unspecified atom stereocenters. The standard InChI is InChI=1S/C16H25NO4/c18-11-13-15(20)16(21)14(19)10-17(13)9-5-4-8-12-6-2-1-3-7-12/h1-3,6-7,13-16,18-21H,4-5,8-11H2/t13-,14+,15-,16-/m1/s1. The van der Waals surface area contributed by atoms with Gasteiger partial charge in [0.1, 0.15) is 12.2 Å². The lowest BCUT2D eigenvalue weighted by Crippen LogP contribution is -2.62. The largest absolute Gasteiger partial charge is 0.395 e. The summed E-state index contributed by atoms with van der Waals surface area (Å²) >= 11 is 0. The average molecular weight is 295 g/mol. The number of piperidine rings is 1. The van der Waals surface area contributed by atoms with E-state index in [0.717, 1.165) is 19.3 Å². The number of β-amino-alcohol motifs (C(OH)–C–C–N with tert-alkyl or cyclic N) is 1. The van der Waals surface area contributed by atoms with Crippen molar-refractivity contribution < 1.29 is 20.4 Å². The highest BCUT2D eigenvalue weighted by Crippen LogP contribution is 2.19. The van der Waals surface area contributed by atoms with E-state index in [1.807, 2.05) is 23.1 Å². The lowest BCUT2D eigenvalue weighted by atomic mass is 9.94. The number of likely N-dealkylation sites (tertiary alicyclic amines) is 1. The topological polar surface area (TPSA) is 84.2 Å². The van der Waals surface area contributed by atoms with E-state index in [9.17, 15) is 20.4 Å². The molecule has 1 heterocycles. The molecule has 0 radical (unpaired) electrons. The van der Waals surface area contributed by atoms with Crippen molar-refractivity contribution >= 4 is 0 Å². The van der Waals surface area contributed by atoms with Gasteiger partial charge in [0, 0.05) is 6.54 Å². The smallest absolute Gasteiger partial charge is 0.109 e. The van der Waals surface area contributed by atoms with Crippen LogP contribution in [0, 0.1) is 0 Å². The maximum atomic E-state index is 9.90. The van der Waals surface area contributed by atoms with Gasteiger partial charge < -0.3 is 20.4 Å². The molecule has 1 aliphatic heterocycles. The zero-order chi connectivity index (χ0) is 15.2. The molecule has 2 rings (SSSR count). The highest BCUT2D eigenvalue weighted by Gasteiger charge is 2.40. The van der Waals surface area contributed by atoms with Crippen molar-refractivity contribution in [2.75, 3.05) is 19.7 Å². The quantitative estimate of drug-likeness (QED) is 0.545. The molecule has 0 aromatic heterocycles. The van der Waals surface area contributed by atoms with Crippen molar-refractivity contribution in [1.82, 2.24) is 4.90 Å². The SMILES string of the molecule is OC[C@@H]1[C@@H](O)[C@H](O)[C@@H](O)CN1CCCCc1ccccc1. The van der Waals surface area contributed by atoms with E-state index in [1.165, 1.54) is 5.56 Å². The highest BCUT2D eigenvalue weighted by molar-refractivity contribution is 5.14. The Kier molecular flexibility index (Phi) is 6.14. The lowest BCUT2D eigenvalue weighted by molar-refractivity contribution is -0.145. The van der Waals surface area contributed by atoms with Crippen LogP contribution in [-0.4, -0.2) is 69.4 Å². The van der Waals surface area contributed by atoms with Crippen molar-refractivity contribution in [3.63, 3.8) is 0 Å². The Morgan fingerprint density at radius 3 is 2.38 bits per heavy atom. The van der Waals surface area contributed by atoms with Gasteiger partial charge in [0.25, 0.3) is 0 Å². The number of benzene rings is 1. The first-order chi connectivity index (χ1) is 10.1. The number of hydrogen-bond donors (Lipinski definition) is 4. The number of aryl methyl sites for hydroxylation is 1. The molecule has 1 aliphatic rings. The average Bonchev–Trinajstić information content (AvgIpc) is 2.50. The predicted molar refractivity (Wildman–Crippen MR) is 79.8 cm³/mol. The molecule has 5 heteroatoms. The monoisotopic (exact) mass is 295 g/mol. The molecule has 118 valence electrons. The first-order valence-electron chi connectivity index (χ1n) is 7.56. The second kappa shape index (κ2) is 7.87. The Labute approximate surface area is 125 Å². The van der Waals surface area contributed by atoms with Gasteiger partial charge in [-0.15, -0.1) is 0 Å². The summed E-state index contributed by atoms with van der Waals surface area (Å²) in [4.78, 5) is 1.87. The Morgan fingerprint density at radius 2 is 1.71 bits per heavy atom. The summed E-state index contributed by atoms with van der Waals surface area (Å²) in [6.45, 7) is 0.761. The van der Waals surface area contributed by atoms with Crippen LogP contribution in [0.2, 0.25) is 0 Å². The lowest BCUT2D eigenvalue weighted by Gasteiger charge is -2.43. The molecule has 1 saturated heterocycles. The van der Waals surface area contributed by atoms with Crippen LogP contribution in [0.1, 0.15) is 18.4 Å². The summed E-state index contributed by atoms with van der Waals surface area (Å²) in [7, 11) is 0. The molecule has 1 aromatic carbocycles. The zero-order valence-corrected chi connectivity index (χ0v) is 12.2. The van der Waals surface area contributed by atoms with Gasteiger partial charge in [-0.2, -0.15) is 0 Å². The van der Waals surface area contributed by atoms with Gasteiger partial charge >= 0.3 is 0 Å². The Morgan fingerprint density at radius 1 is 1.00 bits per heavy atom. The van der Waals surface area contributed by atoms with Gasteiger partial charge in [-0.3, -0.25) is 4.90 Å². The van der Waals surface area contributed by atoms with Crippen LogP contribution in [0.4, 0.5) is 0 Å². The number of rotatable bonds is 6. The molecule has 0 saturated carbocycles. The molecule has 1 fully saturated rings. The molecule has 21 heavy (non-hydrogen) atoms. The first kappa shape index (κ1) is 16.4. The third-order valence-electron chi connectivity index (χ3n) is 4.22. The maximum Gasteiger partial charge on any atom is 0.109 e. The third kappa shape index (κ3) is 4.25. The molecular formula is C16H25NO4. The van der Waals surface area contributed by atoms with E-state index in [2.05, 4.69) is 12.1 Å². The van der Waals surface area contributed by atoms with Crippen molar-refractivity contribution in [2.45, 2.75) is 43.6 Å². The number of aliphatic hydroxyl groups excluding tert-OH is 4. The second-order valence-electron chi connectivity index (χ2n) is 5.74. The minimum Gasteiger partial charge on any atom is -0.395 e. The van der Waals surface area contributed by atoms with E-state index >= 15 is 0 Å². The second-order valence-corrected chi connectivity index (χ2v) is 5.74. The zero-order valence-electron chi connectivity index (χ0n) is 12.2. The van der Waals surface area contributed by atoms with Crippen LogP contribution < -0.4 is 0 Å². The normalized spacial score (nSPS) is 30.5. The highest BCUT2D eigenvalue weighted by atomic mass is 16.4. The summed E-state index contributed by atoms with van der Waals surface area (Å²) < 4.78 is 0. The predicted octanol–water partition coefficient (Wildman–Crippen LogP) is -0.232. The molecule has 4 N–H and O–H groups in total. The van der Waals surface area contributed by atoms with Gasteiger partial charge in [0.15, 0.2) is 0 Å². The van der Waals surface area contributed by atoms with E-state index < -0.39 is 24.4 Å². The Bertz CT molecular complexity index is 414. The molecule has 0 spiro atoms. The van der Waals surface area contributed by atoms with Gasteiger partial charge in [0.05, 0.1) is 18.8 Å². The number of aliphatic hydroxyl groups is 4. The van der Waals surface area contributed by atoms with Gasteiger partial charge in [-0.25, -0.2) is 0 Å².